The smallest absolute Gasteiger partial charge is 0.162 e. The van der Waals surface area contributed by atoms with Crippen LogP contribution in [0.5, 0.6) is 5.75 Å². The van der Waals surface area contributed by atoms with Crippen molar-refractivity contribution in [2.24, 2.45) is 5.73 Å². The minimum Gasteiger partial charge on any atom is -0.493 e. The van der Waals surface area contributed by atoms with Gasteiger partial charge in [-0.15, -0.1) is 0 Å². The van der Waals surface area contributed by atoms with E-state index in [-0.39, 0.29) is 0 Å². The summed E-state index contributed by atoms with van der Waals surface area (Å²) in [6.07, 6.45) is 0.479. The lowest BCUT2D eigenvalue weighted by molar-refractivity contribution is 0.332. The van der Waals surface area contributed by atoms with E-state index in [1.165, 1.54) is 0 Å². The zero-order chi connectivity index (χ0) is 10.6. The first-order chi connectivity index (χ1) is 6.69. The molecule has 0 radical (unpaired) electrons. The zero-order valence-electron chi connectivity index (χ0n) is 8.02. The fraction of sp³-hybridized carbons (Fsp3) is 0.400. The monoisotopic (exact) mass is 201 g/mol. The fourth-order valence-electron chi connectivity index (χ4n) is 1.21. The minimum atomic E-state index is -0.894. The van der Waals surface area contributed by atoms with Crippen LogP contribution in [0.15, 0.2) is 12.1 Å². The second-order valence-corrected chi connectivity index (χ2v) is 2.85. The summed E-state index contributed by atoms with van der Waals surface area (Å²) in [4.78, 5) is 0. The molecule has 14 heavy (non-hydrogen) atoms. The normalized spacial score (nSPS) is 10.3. The van der Waals surface area contributed by atoms with Crippen LogP contribution in [0.4, 0.5) is 8.78 Å². The Balaban J connectivity index is 3.03. The third-order valence-electron chi connectivity index (χ3n) is 1.82. The fourth-order valence-corrected chi connectivity index (χ4v) is 1.21. The number of rotatable bonds is 4. The van der Waals surface area contributed by atoms with Gasteiger partial charge in [-0.2, -0.15) is 0 Å². The number of ether oxygens (including phenoxy) is 1. The first-order valence-corrected chi connectivity index (χ1v) is 4.49. The Morgan fingerprint density at radius 2 is 1.93 bits per heavy atom. The maximum atomic E-state index is 12.9. The Labute approximate surface area is 81.7 Å². The van der Waals surface area contributed by atoms with Gasteiger partial charge in [0.15, 0.2) is 11.6 Å². The topological polar surface area (TPSA) is 35.2 Å². The van der Waals surface area contributed by atoms with Crippen molar-refractivity contribution < 1.29 is 13.5 Å². The number of nitrogens with two attached hydrogens (primary N) is 1. The van der Waals surface area contributed by atoms with Crippen LogP contribution in [0.25, 0.3) is 0 Å². The van der Waals surface area contributed by atoms with E-state index < -0.39 is 11.6 Å². The highest BCUT2D eigenvalue weighted by Crippen LogP contribution is 2.22. The lowest BCUT2D eigenvalue weighted by Gasteiger charge is -2.09. The van der Waals surface area contributed by atoms with Crippen LogP contribution in [0.2, 0.25) is 0 Å². The molecular weight excluding hydrogens is 188 g/mol. The molecule has 0 unspecified atom stereocenters. The lowest BCUT2D eigenvalue weighted by Crippen LogP contribution is -2.06. The predicted molar refractivity (Wildman–Crippen MR) is 50.3 cm³/mol. The molecule has 0 saturated heterocycles. The van der Waals surface area contributed by atoms with Crippen LogP contribution in [-0.4, -0.2) is 13.2 Å². The number of hydrogen-bond donors (Lipinski definition) is 1. The highest BCUT2D eigenvalue weighted by Gasteiger charge is 2.09. The molecule has 0 heterocycles. The maximum Gasteiger partial charge on any atom is 0.162 e. The summed E-state index contributed by atoms with van der Waals surface area (Å²) in [5, 5.41) is 0. The molecule has 0 aliphatic heterocycles. The molecule has 0 saturated carbocycles. The second-order valence-electron chi connectivity index (χ2n) is 2.85. The Hall–Kier alpha value is -1.16. The van der Waals surface area contributed by atoms with Crippen molar-refractivity contribution in [1.29, 1.82) is 0 Å². The summed E-state index contributed by atoms with van der Waals surface area (Å²) in [5.74, 6) is -1.39. The van der Waals surface area contributed by atoms with Gasteiger partial charge in [0.1, 0.15) is 5.75 Å². The van der Waals surface area contributed by atoms with E-state index in [0.29, 0.717) is 30.9 Å². The molecule has 1 rings (SSSR count). The molecule has 0 atom stereocenters. The summed E-state index contributed by atoms with van der Waals surface area (Å²) in [7, 11) is 0. The van der Waals surface area contributed by atoms with Crippen molar-refractivity contribution in [3.05, 3.63) is 29.3 Å². The van der Waals surface area contributed by atoms with Gasteiger partial charge < -0.3 is 10.5 Å². The first kappa shape index (κ1) is 10.9. The van der Waals surface area contributed by atoms with E-state index in [1.54, 1.807) is 6.92 Å². The standard InChI is InChI=1S/C10H13F2NO/c1-2-14-10-6-9(12)8(11)5-7(10)3-4-13/h5-6H,2-4,13H2,1H3. The molecule has 1 aromatic carbocycles. The summed E-state index contributed by atoms with van der Waals surface area (Å²) in [6, 6.07) is 2.19. The largest absolute Gasteiger partial charge is 0.493 e. The molecule has 0 fully saturated rings. The summed E-state index contributed by atoms with van der Waals surface area (Å²) in [6.45, 7) is 2.58. The lowest BCUT2D eigenvalue weighted by atomic mass is 10.1. The van der Waals surface area contributed by atoms with Gasteiger partial charge in [0.2, 0.25) is 0 Å². The zero-order valence-corrected chi connectivity index (χ0v) is 8.02. The molecule has 78 valence electrons. The van der Waals surface area contributed by atoms with Gasteiger partial charge in [0.05, 0.1) is 6.61 Å². The van der Waals surface area contributed by atoms with Crippen LogP contribution in [0, 0.1) is 11.6 Å². The highest BCUT2D eigenvalue weighted by atomic mass is 19.2. The van der Waals surface area contributed by atoms with Crippen molar-refractivity contribution in [1.82, 2.24) is 0 Å². The second kappa shape index (κ2) is 4.91. The molecular formula is C10H13F2NO. The Kier molecular flexibility index (Phi) is 3.83. The van der Waals surface area contributed by atoms with Gasteiger partial charge in [0, 0.05) is 6.07 Å². The van der Waals surface area contributed by atoms with E-state index in [1.807, 2.05) is 0 Å². The molecule has 2 nitrogen and oxygen atoms in total. The molecule has 0 bridgehead atoms. The van der Waals surface area contributed by atoms with E-state index in [9.17, 15) is 8.78 Å². The van der Waals surface area contributed by atoms with Gasteiger partial charge in [-0.05, 0) is 31.5 Å². The molecule has 4 heteroatoms. The van der Waals surface area contributed by atoms with Crippen molar-refractivity contribution >= 4 is 0 Å². The van der Waals surface area contributed by atoms with E-state index in [0.717, 1.165) is 12.1 Å². The van der Waals surface area contributed by atoms with E-state index in [4.69, 9.17) is 10.5 Å². The number of halogens is 2. The third kappa shape index (κ3) is 2.42. The SMILES string of the molecule is CCOc1cc(F)c(F)cc1CCN. The number of hydrogen-bond acceptors (Lipinski definition) is 2. The first-order valence-electron chi connectivity index (χ1n) is 4.49. The summed E-state index contributed by atoms with van der Waals surface area (Å²) < 4.78 is 30.9. The van der Waals surface area contributed by atoms with Crippen LogP contribution in [-0.2, 0) is 6.42 Å². The van der Waals surface area contributed by atoms with Gasteiger partial charge in [-0.1, -0.05) is 0 Å². The van der Waals surface area contributed by atoms with Crippen molar-refractivity contribution in [3.63, 3.8) is 0 Å². The van der Waals surface area contributed by atoms with Gasteiger partial charge >= 0.3 is 0 Å². The van der Waals surface area contributed by atoms with Gasteiger partial charge in [-0.3, -0.25) is 0 Å². The van der Waals surface area contributed by atoms with Crippen molar-refractivity contribution in [2.45, 2.75) is 13.3 Å². The quantitative estimate of drug-likeness (QED) is 0.807. The molecule has 2 N–H and O–H groups in total. The van der Waals surface area contributed by atoms with Crippen molar-refractivity contribution in [2.75, 3.05) is 13.2 Å². The highest BCUT2D eigenvalue weighted by molar-refractivity contribution is 5.35. The summed E-state index contributed by atoms with van der Waals surface area (Å²) in [5.41, 5.74) is 5.95. The molecule has 0 aromatic heterocycles. The average molecular weight is 201 g/mol. The van der Waals surface area contributed by atoms with Crippen LogP contribution in [0.1, 0.15) is 12.5 Å². The molecule has 0 spiro atoms. The Morgan fingerprint density at radius 1 is 1.29 bits per heavy atom. The van der Waals surface area contributed by atoms with Crippen LogP contribution in [0.3, 0.4) is 0 Å². The van der Waals surface area contributed by atoms with E-state index in [2.05, 4.69) is 0 Å². The summed E-state index contributed by atoms with van der Waals surface area (Å²) >= 11 is 0. The Morgan fingerprint density at radius 3 is 2.50 bits per heavy atom. The maximum absolute atomic E-state index is 12.9. The third-order valence-corrected chi connectivity index (χ3v) is 1.82. The van der Waals surface area contributed by atoms with Gasteiger partial charge in [-0.25, -0.2) is 8.78 Å². The molecule has 0 aliphatic carbocycles. The van der Waals surface area contributed by atoms with Crippen LogP contribution >= 0.6 is 0 Å². The minimum absolute atomic E-state index is 0.372. The molecule has 0 aliphatic rings. The van der Waals surface area contributed by atoms with Gasteiger partial charge in [0.25, 0.3) is 0 Å². The molecule has 1 aromatic rings. The number of benzene rings is 1. The Bertz CT molecular complexity index is 284. The molecule has 0 amide bonds. The van der Waals surface area contributed by atoms with E-state index >= 15 is 0 Å². The van der Waals surface area contributed by atoms with Crippen molar-refractivity contribution in [3.8, 4) is 5.75 Å². The average Bonchev–Trinajstić information content (AvgIpc) is 2.14. The predicted octanol–water partition coefficient (Wildman–Crippen LogP) is 1.86. The van der Waals surface area contributed by atoms with Crippen LogP contribution < -0.4 is 10.5 Å².